The van der Waals surface area contributed by atoms with Crippen molar-refractivity contribution in [2.75, 3.05) is 13.1 Å². The standard InChI is InChI=1S/C16H24N6O/c1-10-6-7-17-8-14(10)21-15(23)5-4-13-11(2)20-16-18-9-19-22(16)12(13)3/h9-10,14,17H,4-8H2,1-3H3,(H,21,23). The first-order chi connectivity index (χ1) is 11.1. The number of aryl methyl sites for hydroxylation is 2. The smallest absolute Gasteiger partial charge is 0.252 e. The van der Waals surface area contributed by atoms with E-state index in [1.807, 2.05) is 13.8 Å². The van der Waals surface area contributed by atoms with Crippen molar-refractivity contribution in [3.63, 3.8) is 0 Å². The van der Waals surface area contributed by atoms with Gasteiger partial charge in [-0.1, -0.05) is 6.92 Å². The Morgan fingerprint density at radius 3 is 3.09 bits per heavy atom. The third-order valence-corrected chi connectivity index (χ3v) is 4.76. The molecule has 7 nitrogen and oxygen atoms in total. The number of fused-ring (bicyclic) bond motifs is 1. The van der Waals surface area contributed by atoms with E-state index in [0.717, 1.165) is 36.5 Å². The van der Waals surface area contributed by atoms with E-state index in [9.17, 15) is 4.79 Å². The molecule has 0 spiro atoms. The quantitative estimate of drug-likeness (QED) is 0.871. The Labute approximate surface area is 135 Å². The van der Waals surface area contributed by atoms with Gasteiger partial charge in [0.05, 0.1) is 0 Å². The van der Waals surface area contributed by atoms with E-state index in [-0.39, 0.29) is 11.9 Å². The van der Waals surface area contributed by atoms with Gasteiger partial charge in [0, 0.05) is 30.4 Å². The number of hydrogen-bond acceptors (Lipinski definition) is 5. The molecule has 3 heterocycles. The molecule has 0 aromatic carbocycles. The van der Waals surface area contributed by atoms with Crippen molar-refractivity contribution < 1.29 is 4.79 Å². The topological polar surface area (TPSA) is 84.2 Å². The van der Waals surface area contributed by atoms with Crippen LogP contribution in [0, 0.1) is 19.8 Å². The number of amides is 1. The number of hydrogen-bond donors (Lipinski definition) is 2. The number of piperidine rings is 1. The minimum absolute atomic E-state index is 0.100. The second kappa shape index (κ2) is 6.62. The molecule has 1 saturated heterocycles. The van der Waals surface area contributed by atoms with Crippen LogP contribution in [0.3, 0.4) is 0 Å². The molecule has 2 N–H and O–H groups in total. The molecule has 3 rings (SSSR count). The molecule has 0 saturated carbocycles. The minimum atomic E-state index is 0.100. The first-order valence-electron chi connectivity index (χ1n) is 8.22. The summed E-state index contributed by atoms with van der Waals surface area (Å²) < 4.78 is 1.73. The molecule has 124 valence electrons. The summed E-state index contributed by atoms with van der Waals surface area (Å²) in [6.07, 6.45) is 3.74. The minimum Gasteiger partial charge on any atom is -0.352 e. The SMILES string of the molecule is Cc1nc2ncnn2c(C)c1CCC(=O)NC1CNCCC1C. The Balaban J connectivity index is 1.64. The molecule has 2 atom stereocenters. The molecule has 1 aliphatic heterocycles. The van der Waals surface area contributed by atoms with Crippen LogP contribution in [0.4, 0.5) is 0 Å². The van der Waals surface area contributed by atoms with Crippen LogP contribution < -0.4 is 10.6 Å². The first-order valence-corrected chi connectivity index (χ1v) is 8.22. The van der Waals surface area contributed by atoms with Crippen molar-refractivity contribution in [3.05, 3.63) is 23.3 Å². The maximum Gasteiger partial charge on any atom is 0.252 e. The lowest BCUT2D eigenvalue weighted by atomic mass is 9.94. The maximum atomic E-state index is 12.3. The maximum absolute atomic E-state index is 12.3. The number of carbonyl (C=O) groups is 1. The molecule has 0 bridgehead atoms. The Morgan fingerprint density at radius 2 is 2.30 bits per heavy atom. The zero-order valence-electron chi connectivity index (χ0n) is 14.0. The Hall–Kier alpha value is -2.02. The molecule has 2 aromatic heterocycles. The van der Waals surface area contributed by atoms with E-state index in [0.29, 0.717) is 24.5 Å². The summed E-state index contributed by atoms with van der Waals surface area (Å²) in [6.45, 7) is 8.05. The normalized spacial score (nSPS) is 21.5. The summed E-state index contributed by atoms with van der Waals surface area (Å²) >= 11 is 0. The van der Waals surface area contributed by atoms with Crippen LogP contribution in [0.15, 0.2) is 6.33 Å². The summed E-state index contributed by atoms with van der Waals surface area (Å²) in [5, 5.41) is 10.7. The lowest BCUT2D eigenvalue weighted by Crippen LogP contribution is -2.50. The molecule has 1 amide bonds. The van der Waals surface area contributed by atoms with E-state index in [4.69, 9.17) is 0 Å². The summed E-state index contributed by atoms with van der Waals surface area (Å²) in [7, 11) is 0. The van der Waals surface area contributed by atoms with Crippen LogP contribution in [0.5, 0.6) is 0 Å². The monoisotopic (exact) mass is 316 g/mol. The van der Waals surface area contributed by atoms with Crippen LogP contribution in [0.2, 0.25) is 0 Å². The van der Waals surface area contributed by atoms with E-state index in [1.165, 1.54) is 6.33 Å². The molecular formula is C16H24N6O. The van der Waals surface area contributed by atoms with Crippen LogP contribution >= 0.6 is 0 Å². The van der Waals surface area contributed by atoms with Gasteiger partial charge in [-0.25, -0.2) is 9.50 Å². The molecular weight excluding hydrogens is 292 g/mol. The van der Waals surface area contributed by atoms with Crippen LogP contribution in [-0.2, 0) is 11.2 Å². The zero-order valence-corrected chi connectivity index (χ0v) is 14.0. The van der Waals surface area contributed by atoms with Gasteiger partial charge in [-0.2, -0.15) is 10.1 Å². The van der Waals surface area contributed by atoms with Crippen LogP contribution in [0.25, 0.3) is 5.78 Å². The van der Waals surface area contributed by atoms with Crippen molar-refractivity contribution in [1.29, 1.82) is 0 Å². The van der Waals surface area contributed by atoms with E-state index in [1.54, 1.807) is 4.52 Å². The van der Waals surface area contributed by atoms with Crippen molar-refractivity contribution in [2.24, 2.45) is 5.92 Å². The van der Waals surface area contributed by atoms with Crippen molar-refractivity contribution in [2.45, 2.75) is 46.1 Å². The molecule has 2 unspecified atom stereocenters. The fourth-order valence-corrected chi connectivity index (χ4v) is 3.22. The van der Waals surface area contributed by atoms with Gasteiger partial charge >= 0.3 is 0 Å². The lowest BCUT2D eigenvalue weighted by molar-refractivity contribution is -0.122. The first kappa shape index (κ1) is 15.9. The molecule has 0 aliphatic carbocycles. The van der Waals surface area contributed by atoms with Crippen molar-refractivity contribution in [3.8, 4) is 0 Å². The number of rotatable bonds is 4. The molecule has 1 fully saturated rings. The highest BCUT2D eigenvalue weighted by Crippen LogP contribution is 2.16. The molecule has 0 radical (unpaired) electrons. The van der Waals surface area contributed by atoms with Crippen LogP contribution in [0.1, 0.15) is 36.7 Å². The second-order valence-corrected chi connectivity index (χ2v) is 6.38. The van der Waals surface area contributed by atoms with Crippen molar-refractivity contribution in [1.82, 2.24) is 30.2 Å². The molecule has 1 aliphatic rings. The summed E-state index contributed by atoms with van der Waals surface area (Å²) in [4.78, 5) is 20.8. The van der Waals surface area contributed by atoms with Gasteiger partial charge < -0.3 is 10.6 Å². The predicted octanol–water partition coefficient (Wildman–Crippen LogP) is 0.788. The highest BCUT2D eigenvalue weighted by molar-refractivity contribution is 5.76. The Bertz CT molecular complexity index is 710. The fourth-order valence-electron chi connectivity index (χ4n) is 3.22. The number of carbonyl (C=O) groups excluding carboxylic acids is 1. The highest BCUT2D eigenvalue weighted by atomic mass is 16.1. The highest BCUT2D eigenvalue weighted by Gasteiger charge is 2.22. The third kappa shape index (κ3) is 3.34. The number of aromatic nitrogens is 4. The average Bonchev–Trinajstić information content (AvgIpc) is 2.98. The van der Waals surface area contributed by atoms with Gasteiger partial charge in [0.15, 0.2) is 0 Å². The molecule has 7 heteroatoms. The largest absolute Gasteiger partial charge is 0.352 e. The van der Waals surface area contributed by atoms with Crippen molar-refractivity contribution >= 4 is 11.7 Å². The summed E-state index contributed by atoms with van der Waals surface area (Å²) in [5.74, 6) is 1.23. The summed E-state index contributed by atoms with van der Waals surface area (Å²) in [6, 6.07) is 0.231. The molecule has 23 heavy (non-hydrogen) atoms. The Kier molecular flexibility index (Phi) is 4.56. The van der Waals surface area contributed by atoms with Gasteiger partial charge in [0.2, 0.25) is 5.91 Å². The summed E-state index contributed by atoms with van der Waals surface area (Å²) in [5.41, 5.74) is 3.00. The zero-order chi connectivity index (χ0) is 16.4. The van der Waals surface area contributed by atoms with Gasteiger partial charge in [-0.05, 0) is 44.7 Å². The van der Waals surface area contributed by atoms with E-state index >= 15 is 0 Å². The van der Waals surface area contributed by atoms with Crippen LogP contribution in [-0.4, -0.2) is 44.6 Å². The van der Waals surface area contributed by atoms with Gasteiger partial charge in [0.25, 0.3) is 5.78 Å². The third-order valence-electron chi connectivity index (χ3n) is 4.76. The van der Waals surface area contributed by atoms with E-state index < -0.39 is 0 Å². The second-order valence-electron chi connectivity index (χ2n) is 6.38. The number of nitrogens with zero attached hydrogens (tertiary/aromatic N) is 4. The van der Waals surface area contributed by atoms with E-state index in [2.05, 4.69) is 32.6 Å². The fraction of sp³-hybridized carbons (Fsp3) is 0.625. The van der Waals surface area contributed by atoms with Gasteiger partial charge in [0.1, 0.15) is 6.33 Å². The predicted molar refractivity (Wildman–Crippen MR) is 87.2 cm³/mol. The average molecular weight is 316 g/mol. The number of nitrogens with one attached hydrogen (secondary N) is 2. The Morgan fingerprint density at radius 1 is 1.48 bits per heavy atom. The van der Waals surface area contributed by atoms with Gasteiger partial charge in [-0.3, -0.25) is 4.79 Å². The molecule has 2 aromatic rings. The van der Waals surface area contributed by atoms with Gasteiger partial charge in [-0.15, -0.1) is 0 Å². The lowest BCUT2D eigenvalue weighted by Gasteiger charge is -2.30.